The minimum Gasteiger partial charge on any atom is -0.388 e. The second-order valence-corrected chi connectivity index (χ2v) is 6.54. The molecule has 2 aliphatic rings. The van der Waals surface area contributed by atoms with Crippen molar-refractivity contribution in [3.05, 3.63) is 0 Å². The number of rotatable bonds is 4. The van der Waals surface area contributed by atoms with Crippen LogP contribution in [0.3, 0.4) is 0 Å². The van der Waals surface area contributed by atoms with Crippen molar-refractivity contribution < 1.29 is 9.90 Å². The fourth-order valence-electron chi connectivity index (χ4n) is 3.29. The lowest BCUT2D eigenvalue weighted by Gasteiger charge is -2.35. The van der Waals surface area contributed by atoms with E-state index < -0.39 is 5.60 Å². The van der Waals surface area contributed by atoms with Crippen molar-refractivity contribution in [2.45, 2.75) is 70.3 Å². The molecule has 1 amide bonds. The number of hydrogen-bond donors (Lipinski definition) is 2. The van der Waals surface area contributed by atoms with Gasteiger partial charge in [0.25, 0.3) is 0 Å². The summed E-state index contributed by atoms with van der Waals surface area (Å²) < 4.78 is 0. The molecule has 2 N–H and O–H groups in total. The molecule has 3 heteroatoms. The molecular weight excluding hydrogens is 226 g/mol. The van der Waals surface area contributed by atoms with Crippen molar-refractivity contribution in [2.24, 2.45) is 11.8 Å². The highest BCUT2D eigenvalue weighted by molar-refractivity contribution is 5.76. The highest BCUT2D eigenvalue weighted by Gasteiger charge is 2.32. The molecule has 0 radical (unpaired) electrons. The Labute approximate surface area is 110 Å². The van der Waals surface area contributed by atoms with E-state index in [0.29, 0.717) is 18.9 Å². The summed E-state index contributed by atoms with van der Waals surface area (Å²) in [5.41, 5.74) is -0.641. The lowest BCUT2D eigenvalue weighted by Crippen LogP contribution is -2.45. The molecule has 0 aromatic rings. The van der Waals surface area contributed by atoms with Crippen molar-refractivity contribution in [2.75, 3.05) is 6.54 Å². The van der Waals surface area contributed by atoms with Gasteiger partial charge in [-0.2, -0.15) is 0 Å². The third kappa shape index (κ3) is 3.98. The number of hydrogen-bond acceptors (Lipinski definition) is 2. The number of aliphatic hydroxyl groups is 1. The number of amides is 1. The molecule has 0 saturated heterocycles. The van der Waals surface area contributed by atoms with Crippen molar-refractivity contribution in [3.8, 4) is 0 Å². The van der Waals surface area contributed by atoms with Gasteiger partial charge in [-0.1, -0.05) is 19.8 Å². The standard InChI is InChI=1S/C15H27NO2/c1-12-6-8-15(18,9-7-12)11-16-14(17)10-13-4-2-3-5-13/h12-13,18H,2-11H2,1H3,(H,16,17). The first kappa shape index (κ1) is 13.9. The Bertz CT molecular complexity index is 276. The number of carbonyl (C=O) groups excluding carboxylic acids is 1. The third-order valence-electron chi connectivity index (χ3n) is 4.77. The molecule has 0 aromatic carbocycles. The molecule has 0 bridgehead atoms. The van der Waals surface area contributed by atoms with Gasteiger partial charge in [0.2, 0.25) is 5.91 Å². The summed E-state index contributed by atoms with van der Waals surface area (Å²) in [7, 11) is 0. The fraction of sp³-hybridized carbons (Fsp3) is 0.933. The molecule has 0 aliphatic heterocycles. The van der Waals surface area contributed by atoms with E-state index in [1.54, 1.807) is 0 Å². The normalized spacial score (nSPS) is 33.6. The summed E-state index contributed by atoms with van der Waals surface area (Å²) in [6.07, 6.45) is 9.44. The molecule has 0 spiro atoms. The summed E-state index contributed by atoms with van der Waals surface area (Å²) in [4.78, 5) is 11.8. The van der Waals surface area contributed by atoms with Crippen LogP contribution in [0.25, 0.3) is 0 Å². The van der Waals surface area contributed by atoms with Crippen LogP contribution in [0.4, 0.5) is 0 Å². The maximum absolute atomic E-state index is 11.8. The predicted octanol–water partition coefficient (Wildman–Crippen LogP) is 2.62. The molecule has 0 atom stereocenters. The first-order chi connectivity index (χ1) is 8.57. The van der Waals surface area contributed by atoms with Gasteiger partial charge in [0.05, 0.1) is 5.60 Å². The topological polar surface area (TPSA) is 49.3 Å². The van der Waals surface area contributed by atoms with Crippen LogP contribution in [0, 0.1) is 11.8 Å². The summed E-state index contributed by atoms with van der Waals surface area (Å²) >= 11 is 0. The van der Waals surface area contributed by atoms with Crippen LogP contribution in [-0.4, -0.2) is 23.2 Å². The average molecular weight is 253 g/mol. The van der Waals surface area contributed by atoms with Crippen LogP contribution in [0.2, 0.25) is 0 Å². The van der Waals surface area contributed by atoms with Crippen LogP contribution in [0.15, 0.2) is 0 Å². The van der Waals surface area contributed by atoms with Gasteiger partial charge in [-0.3, -0.25) is 4.79 Å². The van der Waals surface area contributed by atoms with E-state index in [9.17, 15) is 9.90 Å². The molecule has 3 nitrogen and oxygen atoms in total. The second kappa shape index (κ2) is 6.05. The molecule has 2 fully saturated rings. The van der Waals surface area contributed by atoms with E-state index in [0.717, 1.165) is 31.6 Å². The predicted molar refractivity (Wildman–Crippen MR) is 72.2 cm³/mol. The summed E-state index contributed by atoms with van der Waals surface area (Å²) in [6.45, 7) is 2.68. The monoisotopic (exact) mass is 253 g/mol. The Morgan fingerprint density at radius 2 is 1.83 bits per heavy atom. The molecule has 2 saturated carbocycles. The van der Waals surface area contributed by atoms with E-state index in [2.05, 4.69) is 12.2 Å². The molecule has 104 valence electrons. The largest absolute Gasteiger partial charge is 0.388 e. The zero-order valence-corrected chi connectivity index (χ0v) is 11.6. The van der Waals surface area contributed by atoms with Gasteiger partial charge < -0.3 is 10.4 Å². The Kier molecular flexibility index (Phi) is 4.66. The first-order valence-electron chi connectivity index (χ1n) is 7.56. The minimum atomic E-state index is -0.641. The van der Waals surface area contributed by atoms with Gasteiger partial charge in [-0.05, 0) is 50.4 Å². The molecule has 2 aliphatic carbocycles. The van der Waals surface area contributed by atoms with Crippen molar-refractivity contribution in [1.29, 1.82) is 0 Å². The Morgan fingerprint density at radius 1 is 1.22 bits per heavy atom. The quantitative estimate of drug-likeness (QED) is 0.809. The van der Waals surface area contributed by atoms with Gasteiger partial charge in [-0.15, -0.1) is 0 Å². The van der Waals surface area contributed by atoms with Crippen molar-refractivity contribution in [1.82, 2.24) is 5.32 Å². The molecule has 0 aromatic heterocycles. The van der Waals surface area contributed by atoms with Gasteiger partial charge >= 0.3 is 0 Å². The lowest BCUT2D eigenvalue weighted by atomic mass is 9.79. The van der Waals surface area contributed by atoms with E-state index in [-0.39, 0.29) is 5.91 Å². The van der Waals surface area contributed by atoms with Crippen LogP contribution >= 0.6 is 0 Å². The highest BCUT2D eigenvalue weighted by atomic mass is 16.3. The Morgan fingerprint density at radius 3 is 2.44 bits per heavy atom. The van der Waals surface area contributed by atoms with Crippen LogP contribution in [0.1, 0.15) is 64.7 Å². The maximum Gasteiger partial charge on any atom is 0.220 e. The summed E-state index contributed by atoms with van der Waals surface area (Å²) in [6, 6.07) is 0. The smallest absolute Gasteiger partial charge is 0.220 e. The zero-order chi connectivity index (χ0) is 13.0. The Balaban J connectivity index is 1.68. The molecule has 0 heterocycles. The van der Waals surface area contributed by atoms with Gasteiger partial charge in [0.15, 0.2) is 0 Å². The maximum atomic E-state index is 11.8. The van der Waals surface area contributed by atoms with Gasteiger partial charge in [0.1, 0.15) is 0 Å². The van der Waals surface area contributed by atoms with Crippen LogP contribution < -0.4 is 5.32 Å². The molecule has 2 rings (SSSR count). The van der Waals surface area contributed by atoms with Crippen LogP contribution in [0.5, 0.6) is 0 Å². The fourth-order valence-corrected chi connectivity index (χ4v) is 3.29. The third-order valence-corrected chi connectivity index (χ3v) is 4.77. The SMILES string of the molecule is CC1CCC(O)(CNC(=O)CC2CCCC2)CC1. The van der Waals surface area contributed by atoms with Gasteiger partial charge in [0, 0.05) is 13.0 Å². The minimum absolute atomic E-state index is 0.133. The average Bonchev–Trinajstić information content (AvgIpc) is 2.84. The lowest BCUT2D eigenvalue weighted by molar-refractivity contribution is -0.123. The number of carbonyl (C=O) groups is 1. The molecular formula is C15H27NO2. The summed E-state index contributed by atoms with van der Waals surface area (Å²) in [5.74, 6) is 1.44. The van der Waals surface area contributed by atoms with Crippen molar-refractivity contribution in [3.63, 3.8) is 0 Å². The highest BCUT2D eigenvalue weighted by Crippen LogP contribution is 2.31. The van der Waals surface area contributed by atoms with E-state index in [4.69, 9.17) is 0 Å². The van der Waals surface area contributed by atoms with E-state index in [1.165, 1.54) is 25.7 Å². The summed E-state index contributed by atoms with van der Waals surface area (Å²) in [5, 5.41) is 13.3. The Hall–Kier alpha value is -0.570. The van der Waals surface area contributed by atoms with Crippen LogP contribution in [-0.2, 0) is 4.79 Å². The zero-order valence-electron chi connectivity index (χ0n) is 11.6. The second-order valence-electron chi connectivity index (χ2n) is 6.54. The van der Waals surface area contributed by atoms with E-state index >= 15 is 0 Å². The first-order valence-corrected chi connectivity index (χ1v) is 7.56. The van der Waals surface area contributed by atoms with Gasteiger partial charge in [-0.25, -0.2) is 0 Å². The molecule has 0 unspecified atom stereocenters. The molecule has 18 heavy (non-hydrogen) atoms. The van der Waals surface area contributed by atoms with E-state index in [1.807, 2.05) is 0 Å². The van der Waals surface area contributed by atoms with Crippen molar-refractivity contribution >= 4 is 5.91 Å². The number of nitrogens with one attached hydrogen (secondary N) is 1.